The van der Waals surface area contributed by atoms with Gasteiger partial charge in [0.2, 0.25) is 0 Å². The minimum Gasteiger partial charge on any atom is -0.507 e. The van der Waals surface area contributed by atoms with Gasteiger partial charge in [-0.05, 0) is 24.6 Å². The summed E-state index contributed by atoms with van der Waals surface area (Å²) >= 11 is 0. The van der Waals surface area contributed by atoms with E-state index in [2.05, 4.69) is 0 Å². The molecule has 3 N–H and O–H groups in total. The number of halogens is 1. The second-order valence-electron chi connectivity index (χ2n) is 2.78. The first-order valence-corrected chi connectivity index (χ1v) is 4.38. The fraction of sp³-hybridized carbons (Fsp3) is 0.300. The van der Waals surface area contributed by atoms with Crippen LogP contribution in [0.3, 0.4) is 0 Å². The van der Waals surface area contributed by atoms with Crippen LogP contribution in [-0.4, -0.2) is 17.7 Å². The van der Waals surface area contributed by atoms with E-state index in [0.29, 0.717) is 6.54 Å². The van der Waals surface area contributed by atoms with Crippen LogP contribution in [0.2, 0.25) is 0 Å². The number of hydrogen-bond donors (Lipinski definition) is 2. The molecule has 15 heavy (non-hydrogen) atoms. The molecule has 0 radical (unpaired) electrons. The van der Waals surface area contributed by atoms with Crippen molar-refractivity contribution in [3.05, 3.63) is 29.3 Å². The molecule has 1 aromatic carbocycles. The number of phenolic OH excluding ortho intramolecular Hbond substituents is 1. The second-order valence-corrected chi connectivity index (χ2v) is 2.78. The molecule has 1 rings (SSSR count). The average Bonchev–Trinajstić information content (AvgIpc) is 2.19. The molecule has 0 saturated carbocycles. The lowest BCUT2D eigenvalue weighted by Gasteiger charge is -2.05. The molecule has 0 spiro atoms. The number of ether oxygens (including phenoxy) is 1. The fourth-order valence-electron chi connectivity index (χ4n) is 1.08. The lowest BCUT2D eigenvalue weighted by molar-refractivity contribution is 0.0523. The van der Waals surface area contributed by atoms with E-state index in [1.54, 1.807) is 13.0 Å². The molecule has 0 amide bonds. The number of carbonyl (C=O) groups excluding carboxylic acids is 1. The monoisotopic (exact) mass is 231 g/mol. The average molecular weight is 232 g/mol. The Morgan fingerprint density at radius 2 is 2.20 bits per heavy atom. The molecule has 4 nitrogen and oxygen atoms in total. The van der Waals surface area contributed by atoms with Crippen LogP contribution < -0.4 is 5.73 Å². The molecule has 0 aliphatic heterocycles. The SMILES string of the molecule is CCOC(=O)c1cc(CN)ccc1O.Cl. The fourth-order valence-corrected chi connectivity index (χ4v) is 1.08. The van der Waals surface area contributed by atoms with E-state index >= 15 is 0 Å². The van der Waals surface area contributed by atoms with E-state index in [-0.39, 0.29) is 30.3 Å². The zero-order valence-corrected chi connectivity index (χ0v) is 9.21. The van der Waals surface area contributed by atoms with E-state index in [4.69, 9.17) is 10.5 Å². The minimum atomic E-state index is -0.528. The van der Waals surface area contributed by atoms with Gasteiger partial charge in [-0.25, -0.2) is 4.79 Å². The van der Waals surface area contributed by atoms with Gasteiger partial charge in [-0.3, -0.25) is 0 Å². The second kappa shape index (κ2) is 6.27. The third-order valence-corrected chi connectivity index (χ3v) is 1.79. The summed E-state index contributed by atoms with van der Waals surface area (Å²) in [6.45, 7) is 2.32. The molecule has 1 aromatic rings. The van der Waals surface area contributed by atoms with Gasteiger partial charge in [0.05, 0.1) is 6.61 Å². The maximum Gasteiger partial charge on any atom is 0.341 e. The van der Waals surface area contributed by atoms with E-state index in [1.807, 2.05) is 0 Å². The zero-order valence-electron chi connectivity index (χ0n) is 8.40. The van der Waals surface area contributed by atoms with Crippen LogP contribution in [0.4, 0.5) is 0 Å². The molecule has 84 valence electrons. The largest absolute Gasteiger partial charge is 0.507 e. The predicted octanol–water partition coefficient (Wildman–Crippen LogP) is 1.45. The Kier molecular flexibility index (Phi) is 5.74. The lowest BCUT2D eigenvalue weighted by atomic mass is 10.1. The molecular weight excluding hydrogens is 218 g/mol. The van der Waals surface area contributed by atoms with Gasteiger partial charge >= 0.3 is 5.97 Å². The third-order valence-electron chi connectivity index (χ3n) is 1.79. The summed E-state index contributed by atoms with van der Waals surface area (Å²) in [6, 6.07) is 4.64. The Labute approximate surface area is 94.5 Å². The van der Waals surface area contributed by atoms with Crippen molar-refractivity contribution >= 4 is 18.4 Å². The molecule has 0 heterocycles. The highest BCUT2D eigenvalue weighted by Gasteiger charge is 2.12. The molecule has 0 saturated heterocycles. The highest BCUT2D eigenvalue weighted by molar-refractivity contribution is 5.92. The van der Waals surface area contributed by atoms with Crippen molar-refractivity contribution in [1.29, 1.82) is 0 Å². The summed E-state index contributed by atoms with van der Waals surface area (Å²) in [5, 5.41) is 9.39. The summed E-state index contributed by atoms with van der Waals surface area (Å²) in [4.78, 5) is 11.3. The summed E-state index contributed by atoms with van der Waals surface area (Å²) in [5.74, 6) is -0.610. The number of aromatic hydroxyl groups is 1. The van der Waals surface area contributed by atoms with Crippen LogP contribution >= 0.6 is 12.4 Å². The minimum absolute atomic E-state index is 0. The first-order chi connectivity index (χ1) is 6.69. The Morgan fingerprint density at radius 3 is 2.73 bits per heavy atom. The van der Waals surface area contributed by atoms with Gasteiger partial charge in [0.25, 0.3) is 0 Å². The Morgan fingerprint density at radius 1 is 1.53 bits per heavy atom. The molecule has 0 fully saturated rings. The van der Waals surface area contributed by atoms with Gasteiger partial charge in [-0.1, -0.05) is 6.07 Å². The van der Waals surface area contributed by atoms with E-state index in [1.165, 1.54) is 12.1 Å². The van der Waals surface area contributed by atoms with Crippen molar-refractivity contribution in [2.45, 2.75) is 13.5 Å². The van der Waals surface area contributed by atoms with E-state index in [0.717, 1.165) is 5.56 Å². The molecule has 0 aliphatic carbocycles. The first-order valence-electron chi connectivity index (χ1n) is 4.38. The van der Waals surface area contributed by atoms with Crippen molar-refractivity contribution in [1.82, 2.24) is 0 Å². The quantitative estimate of drug-likeness (QED) is 0.773. The molecule has 0 aromatic heterocycles. The maximum absolute atomic E-state index is 11.3. The summed E-state index contributed by atoms with van der Waals surface area (Å²) in [7, 11) is 0. The number of nitrogens with two attached hydrogens (primary N) is 1. The van der Waals surface area contributed by atoms with Crippen LogP contribution in [0.25, 0.3) is 0 Å². The molecule has 0 unspecified atom stereocenters. The number of esters is 1. The number of carbonyl (C=O) groups is 1. The van der Waals surface area contributed by atoms with Crippen LogP contribution in [-0.2, 0) is 11.3 Å². The van der Waals surface area contributed by atoms with Crippen LogP contribution in [0.1, 0.15) is 22.8 Å². The molecular formula is C10H14ClNO3. The smallest absolute Gasteiger partial charge is 0.341 e. The van der Waals surface area contributed by atoms with Crippen molar-refractivity contribution in [3.8, 4) is 5.75 Å². The van der Waals surface area contributed by atoms with Gasteiger partial charge in [-0.2, -0.15) is 0 Å². The molecule has 0 bridgehead atoms. The molecule has 0 aliphatic rings. The highest BCUT2D eigenvalue weighted by atomic mass is 35.5. The first kappa shape index (κ1) is 13.7. The van der Waals surface area contributed by atoms with Gasteiger partial charge in [-0.15, -0.1) is 12.4 Å². The van der Waals surface area contributed by atoms with Gasteiger partial charge in [0, 0.05) is 6.54 Å². The number of phenols is 1. The Hall–Kier alpha value is -1.26. The number of rotatable bonds is 3. The Bertz CT molecular complexity index is 341. The van der Waals surface area contributed by atoms with Crippen molar-refractivity contribution in [2.24, 2.45) is 5.73 Å². The Balaban J connectivity index is 0.00000196. The van der Waals surface area contributed by atoms with Crippen LogP contribution in [0.15, 0.2) is 18.2 Å². The van der Waals surface area contributed by atoms with Crippen molar-refractivity contribution in [3.63, 3.8) is 0 Å². The summed E-state index contributed by atoms with van der Waals surface area (Å²) in [6.07, 6.45) is 0. The number of benzene rings is 1. The van der Waals surface area contributed by atoms with E-state index < -0.39 is 5.97 Å². The van der Waals surface area contributed by atoms with Crippen LogP contribution in [0, 0.1) is 0 Å². The van der Waals surface area contributed by atoms with Crippen LogP contribution in [0.5, 0.6) is 5.75 Å². The van der Waals surface area contributed by atoms with Gasteiger partial charge in [0.1, 0.15) is 11.3 Å². The topological polar surface area (TPSA) is 72.5 Å². The zero-order chi connectivity index (χ0) is 10.6. The third kappa shape index (κ3) is 3.42. The lowest BCUT2D eigenvalue weighted by Crippen LogP contribution is -2.06. The van der Waals surface area contributed by atoms with E-state index in [9.17, 15) is 9.90 Å². The highest BCUT2D eigenvalue weighted by Crippen LogP contribution is 2.19. The maximum atomic E-state index is 11.3. The normalized spacial score (nSPS) is 9.20. The summed E-state index contributed by atoms with van der Waals surface area (Å²) < 4.78 is 4.77. The van der Waals surface area contributed by atoms with Crippen molar-refractivity contribution < 1.29 is 14.6 Å². The molecule has 0 atom stereocenters. The van der Waals surface area contributed by atoms with Gasteiger partial charge in [0.15, 0.2) is 0 Å². The predicted molar refractivity (Wildman–Crippen MR) is 59.2 cm³/mol. The standard InChI is InChI=1S/C10H13NO3.ClH/c1-2-14-10(13)8-5-7(6-11)3-4-9(8)12;/h3-5,12H,2,6,11H2,1H3;1H. The molecule has 5 heteroatoms. The number of hydrogen-bond acceptors (Lipinski definition) is 4. The van der Waals surface area contributed by atoms with Crippen molar-refractivity contribution in [2.75, 3.05) is 6.61 Å². The van der Waals surface area contributed by atoms with Gasteiger partial charge < -0.3 is 15.6 Å². The summed E-state index contributed by atoms with van der Waals surface area (Å²) in [5.41, 5.74) is 6.35.